The van der Waals surface area contributed by atoms with E-state index in [1.165, 1.54) is 6.33 Å². The summed E-state index contributed by atoms with van der Waals surface area (Å²) in [5.41, 5.74) is 4.03. The van der Waals surface area contributed by atoms with Gasteiger partial charge in [0.2, 0.25) is 11.8 Å². The van der Waals surface area contributed by atoms with Gasteiger partial charge in [-0.3, -0.25) is 9.59 Å². The molecule has 2 N–H and O–H groups in total. The van der Waals surface area contributed by atoms with E-state index in [-0.39, 0.29) is 30.7 Å². The second kappa shape index (κ2) is 8.60. The number of carbonyl (C=O) groups excluding carboxylic acids is 2. The van der Waals surface area contributed by atoms with E-state index in [0.29, 0.717) is 12.4 Å². The highest BCUT2D eigenvalue weighted by atomic mass is 16.2. The van der Waals surface area contributed by atoms with E-state index in [0.717, 1.165) is 22.4 Å². The van der Waals surface area contributed by atoms with Gasteiger partial charge < -0.3 is 10.6 Å². The predicted molar refractivity (Wildman–Crippen MR) is 101 cm³/mol. The number of aryl methyl sites for hydroxylation is 4. The molecular weight excluding hydrogens is 330 g/mol. The third-order valence-corrected chi connectivity index (χ3v) is 4.23. The number of carbonyl (C=O) groups is 2. The second-order valence-corrected chi connectivity index (χ2v) is 6.55. The maximum Gasteiger partial charge on any atom is 0.224 e. The highest BCUT2D eigenvalue weighted by Crippen LogP contribution is 2.22. The number of hydrogen-bond acceptors (Lipinski definition) is 4. The molecule has 1 atom stereocenters. The summed E-state index contributed by atoms with van der Waals surface area (Å²) in [4.78, 5) is 28.5. The Morgan fingerprint density at radius 2 is 1.73 bits per heavy atom. The number of aromatic nitrogens is 3. The minimum Gasteiger partial charge on any atom is -0.346 e. The maximum atomic E-state index is 12.2. The lowest BCUT2D eigenvalue weighted by Crippen LogP contribution is -2.29. The minimum absolute atomic E-state index is 0.125. The first-order valence-electron chi connectivity index (χ1n) is 8.86. The molecular formula is C19H27N5O2. The van der Waals surface area contributed by atoms with Crippen LogP contribution in [0.3, 0.4) is 0 Å². The zero-order chi connectivity index (χ0) is 19.3. The molecule has 140 valence electrons. The number of anilines is 1. The molecule has 7 heteroatoms. The molecule has 0 aliphatic carbocycles. The first-order chi connectivity index (χ1) is 12.3. The van der Waals surface area contributed by atoms with Crippen molar-refractivity contribution < 1.29 is 9.59 Å². The van der Waals surface area contributed by atoms with Crippen molar-refractivity contribution in [2.45, 2.75) is 60.0 Å². The van der Waals surface area contributed by atoms with Crippen LogP contribution in [0.25, 0.3) is 0 Å². The van der Waals surface area contributed by atoms with Gasteiger partial charge in [0.25, 0.3) is 0 Å². The quantitative estimate of drug-likeness (QED) is 0.797. The molecule has 0 aliphatic rings. The van der Waals surface area contributed by atoms with E-state index < -0.39 is 0 Å². The lowest BCUT2D eigenvalue weighted by atomic mass is 10.0. The van der Waals surface area contributed by atoms with Gasteiger partial charge in [-0.05, 0) is 45.7 Å². The molecule has 0 spiro atoms. The van der Waals surface area contributed by atoms with Gasteiger partial charge in [0.05, 0.1) is 6.04 Å². The largest absolute Gasteiger partial charge is 0.346 e. The lowest BCUT2D eigenvalue weighted by molar-refractivity contribution is -0.124. The van der Waals surface area contributed by atoms with E-state index in [9.17, 15) is 9.59 Å². The number of hydrogen-bond donors (Lipinski definition) is 2. The van der Waals surface area contributed by atoms with Crippen molar-refractivity contribution in [3.8, 4) is 0 Å². The van der Waals surface area contributed by atoms with Gasteiger partial charge >= 0.3 is 0 Å². The molecule has 1 heterocycles. The van der Waals surface area contributed by atoms with Gasteiger partial charge in [-0.15, -0.1) is 0 Å². The van der Waals surface area contributed by atoms with Crippen molar-refractivity contribution >= 4 is 17.5 Å². The van der Waals surface area contributed by atoms with Crippen molar-refractivity contribution in [1.29, 1.82) is 0 Å². The zero-order valence-electron chi connectivity index (χ0n) is 16.1. The lowest BCUT2D eigenvalue weighted by Gasteiger charge is -2.15. The summed E-state index contributed by atoms with van der Waals surface area (Å²) in [6.45, 7) is 10.5. The maximum absolute atomic E-state index is 12.2. The smallest absolute Gasteiger partial charge is 0.224 e. The summed E-state index contributed by atoms with van der Waals surface area (Å²) < 4.78 is 1.74. The molecule has 2 aromatic rings. The normalized spacial score (nSPS) is 11.9. The van der Waals surface area contributed by atoms with Crippen LogP contribution in [0.4, 0.5) is 5.69 Å². The molecule has 1 aromatic heterocycles. The standard InChI is InChI=1S/C19H27N5O2/c1-6-24-19(20-11-21-24)15(5)22-16(25)7-8-17(26)23-18-13(3)9-12(2)10-14(18)4/h9-11,15H,6-8H2,1-5H3,(H,22,25)(H,23,26). The van der Waals surface area contributed by atoms with Gasteiger partial charge in [-0.2, -0.15) is 5.10 Å². The summed E-state index contributed by atoms with van der Waals surface area (Å²) in [5, 5.41) is 9.88. The van der Waals surface area contributed by atoms with Crippen LogP contribution in [0.1, 0.15) is 55.2 Å². The fourth-order valence-corrected chi connectivity index (χ4v) is 3.04. The molecule has 0 aliphatic heterocycles. The van der Waals surface area contributed by atoms with E-state index in [1.54, 1.807) is 4.68 Å². The average Bonchev–Trinajstić information content (AvgIpc) is 3.05. The van der Waals surface area contributed by atoms with Crippen LogP contribution in [0.5, 0.6) is 0 Å². The van der Waals surface area contributed by atoms with Crippen molar-refractivity contribution in [1.82, 2.24) is 20.1 Å². The van der Waals surface area contributed by atoms with Crippen LogP contribution in [0.15, 0.2) is 18.5 Å². The first kappa shape index (κ1) is 19.6. The first-order valence-corrected chi connectivity index (χ1v) is 8.86. The summed E-state index contributed by atoms with van der Waals surface area (Å²) in [6.07, 6.45) is 1.73. The van der Waals surface area contributed by atoms with E-state index in [2.05, 4.69) is 20.7 Å². The number of rotatable bonds is 7. The highest BCUT2D eigenvalue weighted by molar-refractivity contribution is 5.94. The van der Waals surface area contributed by atoms with Crippen molar-refractivity contribution in [3.63, 3.8) is 0 Å². The van der Waals surface area contributed by atoms with E-state index in [4.69, 9.17) is 0 Å². The Kier molecular flexibility index (Phi) is 6.49. The second-order valence-electron chi connectivity index (χ2n) is 6.55. The SMILES string of the molecule is CCn1ncnc1C(C)NC(=O)CCC(=O)Nc1c(C)cc(C)cc1C. The van der Waals surface area contributed by atoms with Crippen LogP contribution >= 0.6 is 0 Å². The van der Waals surface area contributed by atoms with Gasteiger partial charge in [-0.1, -0.05) is 17.7 Å². The number of benzene rings is 1. The Labute approximate surface area is 154 Å². The van der Waals surface area contributed by atoms with Crippen molar-refractivity contribution in [3.05, 3.63) is 41.0 Å². The van der Waals surface area contributed by atoms with Gasteiger partial charge in [-0.25, -0.2) is 9.67 Å². The van der Waals surface area contributed by atoms with Gasteiger partial charge in [0, 0.05) is 25.1 Å². The van der Waals surface area contributed by atoms with Crippen LogP contribution in [0, 0.1) is 20.8 Å². The zero-order valence-corrected chi connectivity index (χ0v) is 16.1. The molecule has 0 saturated heterocycles. The van der Waals surface area contributed by atoms with Crippen molar-refractivity contribution in [2.24, 2.45) is 0 Å². The molecule has 0 fully saturated rings. The fourth-order valence-electron chi connectivity index (χ4n) is 3.04. The Morgan fingerprint density at radius 3 is 2.35 bits per heavy atom. The number of nitrogens with one attached hydrogen (secondary N) is 2. The Morgan fingerprint density at radius 1 is 1.12 bits per heavy atom. The molecule has 26 heavy (non-hydrogen) atoms. The molecule has 0 saturated carbocycles. The summed E-state index contributed by atoms with van der Waals surface area (Å²) in [6, 6.07) is 3.80. The monoisotopic (exact) mass is 357 g/mol. The topological polar surface area (TPSA) is 88.9 Å². The molecule has 1 unspecified atom stereocenters. The van der Waals surface area contributed by atoms with Gasteiger partial charge in [0.1, 0.15) is 12.2 Å². The Balaban J connectivity index is 1.86. The Bertz CT molecular complexity index is 774. The summed E-state index contributed by atoms with van der Waals surface area (Å²) in [5.74, 6) is 0.353. The summed E-state index contributed by atoms with van der Waals surface area (Å²) in [7, 11) is 0. The van der Waals surface area contributed by atoms with Crippen LogP contribution in [-0.2, 0) is 16.1 Å². The molecule has 0 radical (unpaired) electrons. The van der Waals surface area contributed by atoms with Crippen molar-refractivity contribution in [2.75, 3.05) is 5.32 Å². The molecule has 1 aromatic carbocycles. The van der Waals surface area contributed by atoms with Crippen LogP contribution in [-0.4, -0.2) is 26.6 Å². The Hall–Kier alpha value is -2.70. The summed E-state index contributed by atoms with van der Waals surface area (Å²) >= 11 is 0. The molecule has 2 rings (SSSR count). The van der Waals surface area contributed by atoms with E-state index in [1.807, 2.05) is 46.8 Å². The van der Waals surface area contributed by atoms with E-state index >= 15 is 0 Å². The average molecular weight is 357 g/mol. The highest BCUT2D eigenvalue weighted by Gasteiger charge is 2.16. The number of nitrogens with zero attached hydrogens (tertiary/aromatic N) is 3. The third-order valence-electron chi connectivity index (χ3n) is 4.23. The molecule has 2 amide bonds. The van der Waals surface area contributed by atoms with Crippen LogP contribution < -0.4 is 10.6 Å². The molecule has 0 bridgehead atoms. The third kappa shape index (κ3) is 4.91. The van der Waals surface area contributed by atoms with Crippen LogP contribution in [0.2, 0.25) is 0 Å². The minimum atomic E-state index is -0.255. The fraction of sp³-hybridized carbons (Fsp3) is 0.474. The molecule has 7 nitrogen and oxygen atoms in total. The number of amides is 2. The predicted octanol–water partition coefficient (Wildman–Crippen LogP) is 2.82. The van der Waals surface area contributed by atoms with Gasteiger partial charge in [0.15, 0.2) is 0 Å².